The van der Waals surface area contributed by atoms with E-state index >= 15 is 0 Å². The first-order valence-electron chi connectivity index (χ1n) is 2.66. The molecule has 1 heterocycles. The van der Waals surface area contributed by atoms with Gasteiger partial charge >= 0.3 is 0 Å². The van der Waals surface area contributed by atoms with Gasteiger partial charge in [-0.3, -0.25) is 4.79 Å². The van der Waals surface area contributed by atoms with E-state index in [9.17, 15) is 4.79 Å². The summed E-state index contributed by atoms with van der Waals surface area (Å²) in [6, 6.07) is 0. The van der Waals surface area contributed by atoms with Crippen molar-refractivity contribution >= 4 is 21.8 Å². The Bertz CT molecular complexity index is 267. The number of hydrogen-bond donors (Lipinski definition) is 1. The minimum absolute atomic E-state index is 0.215. The third-order valence-electron chi connectivity index (χ3n) is 1.20. The number of amides is 1. The van der Waals surface area contributed by atoms with Crippen LogP contribution in [0.3, 0.4) is 0 Å². The number of carbonyl (C=O) groups excluding carboxylic acids is 1. The molecule has 1 rings (SSSR count). The van der Waals surface area contributed by atoms with E-state index < -0.39 is 5.91 Å². The second-order valence-corrected chi connectivity index (χ2v) is 2.76. The van der Waals surface area contributed by atoms with E-state index in [1.165, 1.54) is 6.26 Å². The molecule has 0 aromatic carbocycles. The smallest absolute Gasteiger partial charge is 0.284 e. The summed E-state index contributed by atoms with van der Waals surface area (Å²) in [4.78, 5) is 10.5. The molecule has 0 unspecified atom stereocenters. The average molecular weight is 204 g/mol. The molecule has 2 N–H and O–H groups in total. The highest BCUT2D eigenvalue weighted by Crippen LogP contribution is 2.20. The van der Waals surface area contributed by atoms with Gasteiger partial charge in [-0.1, -0.05) is 0 Å². The van der Waals surface area contributed by atoms with Crippen LogP contribution >= 0.6 is 15.9 Å². The predicted molar refractivity (Wildman–Crippen MR) is 39.7 cm³/mol. The zero-order valence-electron chi connectivity index (χ0n) is 5.35. The predicted octanol–water partition coefficient (Wildman–Crippen LogP) is 1.45. The van der Waals surface area contributed by atoms with Gasteiger partial charge in [-0.05, 0) is 22.9 Å². The number of hydrogen-bond acceptors (Lipinski definition) is 2. The molecule has 0 fully saturated rings. The van der Waals surface area contributed by atoms with Crippen LogP contribution in [0.2, 0.25) is 0 Å². The molecule has 4 heteroatoms. The molecule has 0 saturated heterocycles. The Hall–Kier alpha value is -0.770. The molecule has 0 radical (unpaired) electrons. The Morgan fingerprint density at radius 2 is 2.40 bits per heavy atom. The Morgan fingerprint density at radius 3 is 2.60 bits per heavy atom. The average Bonchev–Trinajstić information content (AvgIpc) is 2.14. The Kier molecular flexibility index (Phi) is 1.80. The minimum Gasteiger partial charge on any atom is -0.458 e. The van der Waals surface area contributed by atoms with E-state index in [4.69, 9.17) is 10.2 Å². The minimum atomic E-state index is -0.539. The van der Waals surface area contributed by atoms with Crippen LogP contribution in [-0.4, -0.2) is 5.91 Å². The standard InChI is InChI=1S/C6H6BrNO2/c1-3-4(7)2-10-5(3)6(8)9/h2H,1H3,(H2,8,9). The first-order chi connectivity index (χ1) is 4.63. The van der Waals surface area contributed by atoms with Gasteiger partial charge in [0.25, 0.3) is 5.91 Å². The Labute approximate surface area is 66.3 Å². The van der Waals surface area contributed by atoms with Gasteiger partial charge in [-0.2, -0.15) is 0 Å². The molecule has 3 nitrogen and oxygen atoms in total. The van der Waals surface area contributed by atoms with Gasteiger partial charge in [-0.15, -0.1) is 0 Å². The van der Waals surface area contributed by atoms with E-state index in [0.717, 1.165) is 10.0 Å². The summed E-state index contributed by atoms with van der Waals surface area (Å²) in [5.74, 6) is -0.324. The van der Waals surface area contributed by atoms with Crippen molar-refractivity contribution in [3.8, 4) is 0 Å². The summed E-state index contributed by atoms with van der Waals surface area (Å²) in [5.41, 5.74) is 5.72. The zero-order chi connectivity index (χ0) is 7.72. The molecular formula is C6H6BrNO2. The van der Waals surface area contributed by atoms with E-state index in [-0.39, 0.29) is 5.76 Å². The largest absolute Gasteiger partial charge is 0.458 e. The second-order valence-electron chi connectivity index (χ2n) is 1.90. The lowest BCUT2D eigenvalue weighted by Gasteiger charge is -1.88. The van der Waals surface area contributed by atoms with Crippen LogP contribution in [0, 0.1) is 6.92 Å². The number of primary amides is 1. The maximum atomic E-state index is 10.5. The first kappa shape index (κ1) is 7.34. The van der Waals surface area contributed by atoms with Crippen molar-refractivity contribution in [1.29, 1.82) is 0 Å². The molecule has 0 aliphatic carbocycles. The van der Waals surface area contributed by atoms with Crippen LogP contribution in [0.25, 0.3) is 0 Å². The van der Waals surface area contributed by atoms with Crippen LogP contribution < -0.4 is 5.73 Å². The van der Waals surface area contributed by atoms with Crippen molar-refractivity contribution in [2.45, 2.75) is 6.92 Å². The molecule has 54 valence electrons. The molecule has 10 heavy (non-hydrogen) atoms. The van der Waals surface area contributed by atoms with Crippen LogP contribution in [0.15, 0.2) is 15.2 Å². The summed E-state index contributed by atoms with van der Waals surface area (Å²) >= 11 is 3.18. The Morgan fingerprint density at radius 1 is 1.80 bits per heavy atom. The maximum absolute atomic E-state index is 10.5. The normalized spacial score (nSPS) is 9.80. The monoisotopic (exact) mass is 203 g/mol. The van der Waals surface area contributed by atoms with Crippen molar-refractivity contribution in [2.75, 3.05) is 0 Å². The topological polar surface area (TPSA) is 56.2 Å². The molecule has 1 aromatic heterocycles. The van der Waals surface area contributed by atoms with Gasteiger partial charge < -0.3 is 10.2 Å². The van der Waals surface area contributed by atoms with E-state index in [0.29, 0.717) is 0 Å². The van der Waals surface area contributed by atoms with Crippen molar-refractivity contribution in [3.05, 3.63) is 22.1 Å². The lowest BCUT2D eigenvalue weighted by molar-refractivity contribution is 0.0973. The zero-order valence-corrected chi connectivity index (χ0v) is 6.94. The van der Waals surface area contributed by atoms with Crippen molar-refractivity contribution in [3.63, 3.8) is 0 Å². The van der Waals surface area contributed by atoms with Crippen LogP contribution in [0.4, 0.5) is 0 Å². The van der Waals surface area contributed by atoms with Gasteiger partial charge in [0.15, 0.2) is 5.76 Å². The molecule has 0 aliphatic rings. The summed E-state index contributed by atoms with van der Waals surface area (Å²) in [7, 11) is 0. The molecule has 1 amide bonds. The van der Waals surface area contributed by atoms with Gasteiger partial charge in [0.2, 0.25) is 0 Å². The number of furan rings is 1. The lowest BCUT2D eigenvalue weighted by atomic mass is 10.3. The van der Waals surface area contributed by atoms with Crippen molar-refractivity contribution < 1.29 is 9.21 Å². The molecule has 0 saturated carbocycles. The Balaban J connectivity index is 3.17. The first-order valence-corrected chi connectivity index (χ1v) is 3.45. The maximum Gasteiger partial charge on any atom is 0.284 e. The number of nitrogens with two attached hydrogens (primary N) is 1. The second kappa shape index (κ2) is 2.46. The fourth-order valence-corrected chi connectivity index (χ4v) is 0.912. The summed E-state index contributed by atoms with van der Waals surface area (Å²) in [6.07, 6.45) is 1.44. The third-order valence-corrected chi connectivity index (χ3v) is 1.98. The molecule has 0 bridgehead atoms. The van der Waals surface area contributed by atoms with Crippen LogP contribution in [-0.2, 0) is 0 Å². The summed E-state index contributed by atoms with van der Waals surface area (Å²) < 4.78 is 5.60. The number of halogens is 1. The molecule has 1 aromatic rings. The van der Waals surface area contributed by atoms with Gasteiger partial charge in [0.05, 0.1) is 4.47 Å². The highest BCUT2D eigenvalue weighted by molar-refractivity contribution is 9.10. The van der Waals surface area contributed by atoms with Crippen molar-refractivity contribution in [2.24, 2.45) is 5.73 Å². The SMILES string of the molecule is Cc1c(Br)coc1C(N)=O. The molecule has 0 spiro atoms. The highest BCUT2D eigenvalue weighted by atomic mass is 79.9. The fourth-order valence-electron chi connectivity index (χ4n) is 0.639. The van der Waals surface area contributed by atoms with Gasteiger partial charge in [0, 0.05) is 5.56 Å². The molecular weight excluding hydrogens is 198 g/mol. The number of rotatable bonds is 1. The van der Waals surface area contributed by atoms with Gasteiger partial charge in [-0.25, -0.2) is 0 Å². The third kappa shape index (κ3) is 1.07. The van der Waals surface area contributed by atoms with Crippen LogP contribution in [0.1, 0.15) is 16.1 Å². The molecule has 0 atom stereocenters. The summed E-state index contributed by atoms with van der Waals surface area (Å²) in [6.45, 7) is 1.76. The van der Waals surface area contributed by atoms with E-state index in [1.807, 2.05) is 0 Å². The lowest BCUT2D eigenvalue weighted by Crippen LogP contribution is -2.10. The van der Waals surface area contributed by atoms with E-state index in [2.05, 4.69) is 15.9 Å². The van der Waals surface area contributed by atoms with Crippen LogP contribution in [0.5, 0.6) is 0 Å². The highest BCUT2D eigenvalue weighted by Gasteiger charge is 2.11. The summed E-state index contributed by atoms with van der Waals surface area (Å²) in [5, 5.41) is 0. The number of carbonyl (C=O) groups is 1. The fraction of sp³-hybridized carbons (Fsp3) is 0.167. The van der Waals surface area contributed by atoms with Gasteiger partial charge in [0.1, 0.15) is 6.26 Å². The van der Waals surface area contributed by atoms with Crippen molar-refractivity contribution in [1.82, 2.24) is 0 Å². The quantitative estimate of drug-likeness (QED) is 0.752. The molecule has 0 aliphatic heterocycles. The van der Waals surface area contributed by atoms with E-state index in [1.54, 1.807) is 6.92 Å².